The maximum atomic E-state index is 13.4. The van der Waals surface area contributed by atoms with Gasteiger partial charge in [0.2, 0.25) is 0 Å². The molecule has 3 aliphatic heterocycles. The molecule has 5 atom stereocenters. The molecule has 1 aromatic heterocycles. The van der Waals surface area contributed by atoms with Crippen molar-refractivity contribution >= 4 is 22.3 Å². The van der Waals surface area contributed by atoms with E-state index in [4.69, 9.17) is 4.74 Å². The summed E-state index contributed by atoms with van der Waals surface area (Å²) in [6, 6.07) is 7.82. The third-order valence-electron chi connectivity index (χ3n) is 9.18. The Morgan fingerprint density at radius 3 is 2.33 bits per heavy atom. The van der Waals surface area contributed by atoms with Gasteiger partial charge in [-0.2, -0.15) is 26.3 Å². The number of nitrogens with one attached hydrogen (secondary N) is 2. The van der Waals surface area contributed by atoms with E-state index in [1.807, 2.05) is 24.3 Å². The highest BCUT2D eigenvalue weighted by molar-refractivity contribution is 5.85. The first-order valence-electron chi connectivity index (χ1n) is 14.7. The van der Waals surface area contributed by atoms with Crippen LogP contribution in [0.4, 0.5) is 37.7 Å². The Kier molecular flexibility index (Phi) is 8.07. The molecule has 0 spiro atoms. The number of rotatable bonds is 9. The van der Waals surface area contributed by atoms with Crippen LogP contribution in [-0.2, 0) is 18.9 Å². The van der Waals surface area contributed by atoms with Crippen molar-refractivity contribution < 1.29 is 31.1 Å². The molecule has 7 nitrogen and oxygen atoms in total. The topological polar surface area (TPSA) is 83.6 Å². The van der Waals surface area contributed by atoms with Gasteiger partial charge in [0.05, 0.1) is 29.8 Å². The van der Waals surface area contributed by atoms with Crippen LogP contribution in [0.3, 0.4) is 0 Å². The van der Waals surface area contributed by atoms with Crippen molar-refractivity contribution in [2.45, 2.75) is 43.8 Å². The first-order chi connectivity index (χ1) is 21.8. The number of ether oxygens (including phenoxy) is 1. The number of aromatic nitrogens is 1. The average molecular weight is 645 g/mol. The summed E-state index contributed by atoms with van der Waals surface area (Å²) < 4.78 is 85.9. The lowest BCUT2D eigenvalue weighted by molar-refractivity contribution is -0.143. The lowest BCUT2D eigenvalue weighted by Crippen LogP contribution is -2.56. The molecule has 3 aliphatic rings. The number of alkyl halides is 6. The average Bonchev–Trinajstić information content (AvgIpc) is 3.04. The predicted molar refractivity (Wildman–Crippen MR) is 162 cm³/mol. The van der Waals surface area contributed by atoms with Gasteiger partial charge in [0.25, 0.3) is 10.9 Å². The SMILES string of the molecule is C=CC1CN2CCC1C[C@@H]2[C@H](Nc1c(NCc2cc(C(F)(F)F)cc(C(F)(F)F)c2)c(=O)c1=O)c1ccnc2ccc(OC)cc12. The van der Waals surface area contributed by atoms with Crippen LogP contribution in [0.15, 0.2) is 70.9 Å². The minimum absolute atomic E-state index is 0.0382. The van der Waals surface area contributed by atoms with E-state index in [1.165, 1.54) is 7.11 Å². The van der Waals surface area contributed by atoms with E-state index < -0.39 is 46.9 Å². The van der Waals surface area contributed by atoms with Gasteiger partial charge in [-0.05, 0) is 84.8 Å². The summed E-state index contributed by atoms with van der Waals surface area (Å²) in [4.78, 5) is 32.5. The number of nitrogens with zero attached hydrogens (tertiary/aromatic N) is 2. The number of benzene rings is 2. The highest BCUT2D eigenvalue weighted by Gasteiger charge is 2.44. The second-order valence-electron chi connectivity index (χ2n) is 11.8. The van der Waals surface area contributed by atoms with Crippen molar-refractivity contribution in [2.24, 2.45) is 11.8 Å². The van der Waals surface area contributed by atoms with Crippen LogP contribution in [0.25, 0.3) is 10.9 Å². The van der Waals surface area contributed by atoms with Crippen molar-refractivity contribution in [2.75, 3.05) is 30.8 Å². The number of hydrogen-bond acceptors (Lipinski definition) is 7. The smallest absolute Gasteiger partial charge is 0.416 e. The summed E-state index contributed by atoms with van der Waals surface area (Å²) >= 11 is 0. The molecule has 0 radical (unpaired) electrons. The zero-order valence-electron chi connectivity index (χ0n) is 24.6. The van der Waals surface area contributed by atoms with Crippen molar-refractivity contribution in [3.63, 3.8) is 0 Å². The molecule has 2 N–H and O–H groups in total. The fourth-order valence-corrected chi connectivity index (χ4v) is 6.82. The maximum absolute atomic E-state index is 13.4. The van der Waals surface area contributed by atoms with Gasteiger partial charge in [0, 0.05) is 30.7 Å². The molecule has 3 saturated heterocycles. The Labute approximate surface area is 259 Å². The molecule has 0 saturated carbocycles. The van der Waals surface area contributed by atoms with E-state index in [2.05, 4.69) is 27.1 Å². The van der Waals surface area contributed by atoms with Crippen LogP contribution in [0.1, 0.15) is 41.1 Å². The zero-order valence-corrected chi connectivity index (χ0v) is 24.6. The highest BCUT2D eigenvalue weighted by Crippen LogP contribution is 2.44. The first kappa shape index (κ1) is 31.6. The summed E-state index contributed by atoms with van der Waals surface area (Å²) in [6.07, 6.45) is -4.69. The minimum Gasteiger partial charge on any atom is -0.497 e. The monoisotopic (exact) mass is 644 g/mol. The molecular formula is C33H30F6N4O3. The van der Waals surface area contributed by atoms with Gasteiger partial charge in [0.1, 0.15) is 17.1 Å². The summed E-state index contributed by atoms with van der Waals surface area (Å²) in [6.45, 7) is 5.01. The van der Waals surface area contributed by atoms with Crippen molar-refractivity contribution in [3.05, 3.63) is 104 Å². The third kappa shape index (κ3) is 5.83. The second-order valence-corrected chi connectivity index (χ2v) is 11.8. The van der Waals surface area contributed by atoms with E-state index in [1.54, 1.807) is 12.3 Å². The Bertz CT molecular complexity index is 1830. The quantitative estimate of drug-likeness (QED) is 0.122. The van der Waals surface area contributed by atoms with Gasteiger partial charge < -0.3 is 15.4 Å². The summed E-state index contributed by atoms with van der Waals surface area (Å²) in [5.74, 6) is 1.25. The Morgan fingerprint density at radius 2 is 1.72 bits per heavy atom. The lowest BCUT2D eigenvalue weighted by Gasteiger charge is -2.52. The standard InChI is InChI=1S/C33H30F6N4O3/c1-3-18-16-43-9-7-19(18)12-26(43)27(23-6-8-40-25-5-4-22(46-2)14-24(23)25)42-29-28(30(44)31(29)45)41-15-17-10-20(32(34,35)36)13-21(11-17)33(37,38)39/h3-6,8,10-11,13-14,18-19,26-27,41-42H,1,7,9,12,15-16H2,2H3/t18?,19?,26-,27-/m1/s1. The number of pyridine rings is 1. The van der Waals surface area contributed by atoms with Crippen molar-refractivity contribution in [3.8, 4) is 5.75 Å². The van der Waals surface area contributed by atoms with Crippen LogP contribution in [0.5, 0.6) is 5.75 Å². The molecule has 7 rings (SSSR count). The largest absolute Gasteiger partial charge is 0.497 e. The third-order valence-corrected chi connectivity index (χ3v) is 9.18. The number of halogens is 6. The van der Waals surface area contributed by atoms with E-state index in [0.717, 1.165) is 36.9 Å². The molecule has 13 heteroatoms. The molecular weight excluding hydrogens is 614 g/mol. The maximum Gasteiger partial charge on any atom is 0.416 e. The summed E-state index contributed by atoms with van der Waals surface area (Å²) in [7, 11) is 1.54. The highest BCUT2D eigenvalue weighted by atomic mass is 19.4. The van der Waals surface area contributed by atoms with E-state index >= 15 is 0 Å². The molecule has 242 valence electrons. The lowest BCUT2D eigenvalue weighted by atomic mass is 9.73. The second kappa shape index (κ2) is 11.8. The van der Waals surface area contributed by atoms with Gasteiger partial charge in [0.15, 0.2) is 0 Å². The van der Waals surface area contributed by atoms with E-state index in [9.17, 15) is 35.9 Å². The molecule has 4 aromatic rings. The fraction of sp³-hybridized carbons (Fsp3) is 0.364. The number of piperidine rings is 3. The van der Waals surface area contributed by atoms with Crippen LogP contribution in [0.2, 0.25) is 0 Å². The molecule has 3 aromatic carbocycles. The molecule has 46 heavy (non-hydrogen) atoms. The van der Waals surface area contributed by atoms with Crippen molar-refractivity contribution in [1.82, 2.24) is 9.88 Å². The zero-order chi connectivity index (χ0) is 33.0. The molecule has 3 fully saturated rings. The van der Waals surface area contributed by atoms with Gasteiger partial charge >= 0.3 is 12.4 Å². The molecule has 3 unspecified atom stereocenters. The van der Waals surface area contributed by atoms with Gasteiger partial charge in [-0.15, -0.1) is 6.58 Å². The minimum atomic E-state index is -5.02. The van der Waals surface area contributed by atoms with Gasteiger partial charge in [-0.25, -0.2) is 0 Å². The van der Waals surface area contributed by atoms with Crippen LogP contribution in [-0.4, -0.2) is 36.1 Å². The number of anilines is 2. The number of fused-ring (bicyclic) bond motifs is 4. The molecule has 4 heterocycles. The Balaban J connectivity index is 1.36. The van der Waals surface area contributed by atoms with Crippen LogP contribution < -0.4 is 26.2 Å². The van der Waals surface area contributed by atoms with E-state index in [-0.39, 0.29) is 29.0 Å². The normalized spacial score (nSPS) is 22.2. The van der Waals surface area contributed by atoms with Gasteiger partial charge in [-0.1, -0.05) is 6.08 Å². The first-order valence-corrected chi connectivity index (χ1v) is 14.7. The van der Waals surface area contributed by atoms with Gasteiger partial charge in [-0.3, -0.25) is 19.5 Å². The summed E-state index contributed by atoms with van der Waals surface area (Å²) in [5, 5.41) is 6.68. The molecule has 0 aliphatic carbocycles. The van der Waals surface area contributed by atoms with E-state index in [0.29, 0.717) is 35.2 Å². The summed E-state index contributed by atoms with van der Waals surface area (Å²) in [5.41, 5.74) is -3.84. The Morgan fingerprint density at radius 1 is 1.02 bits per heavy atom. The Hall–Kier alpha value is -4.39. The van der Waals surface area contributed by atoms with Crippen LogP contribution >= 0.6 is 0 Å². The number of hydrogen-bond donors (Lipinski definition) is 2. The molecule has 2 bridgehead atoms. The van der Waals surface area contributed by atoms with Crippen LogP contribution in [0, 0.1) is 11.8 Å². The van der Waals surface area contributed by atoms with Crippen molar-refractivity contribution in [1.29, 1.82) is 0 Å². The fourth-order valence-electron chi connectivity index (χ4n) is 6.82. The molecule has 0 amide bonds. The number of methoxy groups -OCH3 is 1. The predicted octanol–water partition coefficient (Wildman–Crippen LogP) is 6.54.